The molecule has 0 aliphatic rings. The van der Waals surface area contributed by atoms with Gasteiger partial charge in [-0.15, -0.1) is 0 Å². The molecule has 8 nitrogen and oxygen atoms in total. The number of benzene rings is 2. The molecular weight excluding hydrogens is 370 g/mol. The Balaban J connectivity index is 1.59. The van der Waals surface area contributed by atoms with Crippen molar-refractivity contribution in [3.8, 4) is 11.4 Å². The van der Waals surface area contributed by atoms with Gasteiger partial charge >= 0.3 is 0 Å². The zero-order valence-electron chi connectivity index (χ0n) is 16.2. The van der Waals surface area contributed by atoms with Crippen LogP contribution in [0, 0.1) is 6.92 Å². The van der Waals surface area contributed by atoms with Crippen molar-refractivity contribution in [2.45, 2.75) is 19.9 Å². The van der Waals surface area contributed by atoms with E-state index in [4.69, 9.17) is 4.52 Å². The maximum Gasteiger partial charge on any atom is 0.272 e. The molecule has 2 aromatic carbocycles. The van der Waals surface area contributed by atoms with Crippen LogP contribution in [0.25, 0.3) is 22.4 Å². The topological polar surface area (TPSA) is 103 Å². The quantitative estimate of drug-likeness (QED) is 0.576. The van der Waals surface area contributed by atoms with Gasteiger partial charge in [-0.05, 0) is 44.2 Å². The Hall–Kier alpha value is -3.81. The van der Waals surface area contributed by atoms with Gasteiger partial charge in [0.1, 0.15) is 11.7 Å². The first-order valence-corrected chi connectivity index (χ1v) is 9.11. The molecule has 29 heavy (non-hydrogen) atoms. The van der Waals surface area contributed by atoms with E-state index >= 15 is 0 Å². The van der Waals surface area contributed by atoms with Crippen molar-refractivity contribution < 1.29 is 9.32 Å². The van der Waals surface area contributed by atoms with Crippen molar-refractivity contribution in [1.29, 1.82) is 0 Å². The summed E-state index contributed by atoms with van der Waals surface area (Å²) in [5.41, 5.74) is 2.94. The third kappa shape index (κ3) is 3.52. The van der Waals surface area contributed by atoms with E-state index in [1.807, 2.05) is 12.1 Å². The molecule has 0 radical (unpaired) electrons. The molecule has 1 atom stereocenters. The van der Waals surface area contributed by atoms with Crippen LogP contribution in [-0.4, -0.2) is 25.6 Å². The number of hydrogen-bond donors (Lipinski definition) is 1. The molecule has 0 saturated carbocycles. The van der Waals surface area contributed by atoms with E-state index in [1.165, 1.54) is 0 Å². The largest absolute Gasteiger partial charge is 0.341 e. The lowest BCUT2D eigenvalue weighted by Gasteiger charge is -2.09. The molecule has 0 aliphatic heterocycles. The van der Waals surface area contributed by atoms with Crippen LogP contribution >= 0.6 is 0 Å². The molecule has 1 N–H and O–H groups in total. The average Bonchev–Trinajstić information content (AvgIpc) is 3.23. The Bertz CT molecular complexity index is 1260. The molecule has 0 bridgehead atoms. The van der Waals surface area contributed by atoms with Crippen LogP contribution < -0.4 is 10.9 Å². The van der Waals surface area contributed by atoms with Gasteiger partial charge in [-0.1, -0.05) is 23.4 Å². The summed E-state index contributed by atoms with van der Waals surface area (Å²) in [7, 11) is 1.71. The fourth-order valence-corrected chi connectivity index (χ4v) is 3.08. The smallest absolute Gasteiger partial charge is 0.272 e. The van der Waals surface area contributed by atoms with Crippen molar-refractivity contribution in [2.75, 3.05) is 0 Å². The maximum absolute atomic E-state index is 12.3. The molecule has 8 heteroatoms. The van der Waals surface area contributed by atoms with Gasteiger partial charge in [-0.3, -0.25) is 9.59 Å². The maximum atomic E-state index is 12.3. The molecule has 4 aromatic rings. The predicted molar refractivity (Wildman–Crippen MR) is 107 cm³/mol. The average molecular weight is 389 g/mol. The van der Waals surface area contributed by atoms with E-state index in [-0.39, 0.29) is 11.5 Å². The second-order valence-corrected chi connectivity index (χ2v) is 6.78. The molecule has 146 valence electrons. The molecule has 2 heterocycles. The van der Waals surface area contributed by atoms with E-state index < -0.39 is 6.04 Å². The van der Waals surface area contributed by atoms with Crippen molar-refractivity contribution >= 4 is 16.9 Å². The van der Waals surface area contributed by atoms with Gasteiger partial charge in [-0.2, -0.15) is 4.98 Å². The molecule has 4 rings (SSSR count). The molecule has 1 amide bonds. The molecule has 0 aliphatic carbocycles. The minimum absolute atomic E-state index is 0.130. The van der Waals surface area contributed by atoms with E-state index in [2.05, 4.69) is 20.4 Å². The number of amides is 1. The van der Waals surface area contributed by atoms with Crippen molar-refractivity contribution in [3.05, 3.63) is 76.0 Å². The minimum atomic E-state index is -0.453. The highest BCUT2D eigenvalue weighted by atomic mass is 16.5. The third-order valence-electron chi connectivity index (χ3n) is 4.69. The first kappa shape index (κ1) is 18.5. The highest BCUT2D eigenvalue weighted by Crippen LogP contribution is 2.22. The van der Waals surface area contributed by atoms with Gasteiger partial charge in [0.25, 0.3) is 11.5 Å². The Labute approximate surface area is 166 Å². The van der Waals surface area contributed by atoms with Crippen molar-refractivity contribution in [3.63, 3.8) is 0 Å². The zero-order valence-corrected chi connectivity index (χ0v) is 16.2. The van der Waals surface area contributed by atoms with Crippen LogP contribution in [0.2, 0.25) is 0 Å². The number of nitrogens with zero attached hydrogens (tertiary/aromatic N) is 4. The normalized spacial score (nSPS) is 12.1. The standard InChI is InChI=1S/C21H19N5O3/c1-12(23-19(27)14-7-5-4-6-8-14)20-24-18(25-29-20)15-9-10-17-16(11-15)22-13(2)21(28)26(17)3/h4-12H,1-3H3,(H,23,27)/t12-/m0/s1. The van der Waals surface area contributed by atoms with E-state index in [0.29, 0.717) is 34.1 Å². The monoisotopic (exact) mass is 389 g/mol. The molecule has 0 spiro atoms. The summed E-state index contributed by atoms with van der Waals surface area (Å²) in [6.45, 7) is 3.46. The van der Waals surface area contributed by atoms with Crippen molar-refractivity contribution in [1.82, 2.24) is 25.0 Å². The fraction of sp³-hybridized carbons (Fsp3) is 0.190. The summed E-state index contributed by atoms with van der Waals surface area (Å²) in [6, 6.07) is 13.9. The number of hydrogen-bond acceptors (Lipinski definition) is 6. The van der Waals surface area contributed by atoms with Crippen LogP contribution in [0.15, 0.2) is 57.8 Å². The van der Waals surface area contributed by atoms with Crippen molar-refractivity contribution in [2.24, 2.45) is 7.05 Å². The molecule has 0 saturated heterocycles. The number of nitrogens with one attached hydrogen (secondary N) is 1. The highest BCUT2D eigenvalue weighted by Gasteiger charge is 2.18. The SMILES string of the molecule is Cc1nc2cc(-c3noc([C@H](C)NC(=O)c4ccccc4)n3)ccc2n(C)c1=O. The van der Waals surface area contributed by atoms with Crippen LogP contribution in [0.5, 0.6) is 0 Å². The van der Waals surface area contributed by atoms with Gasteiger partial charge in [0, 0.05) is 18.2 Å². The summed E-state index contributed by atoms with van der Waals surface area (Å²) >= 11 is 0. The highest BCUT2D eigenvalue weighted by molar-refractivity contribution is 5.94. The first-order valence-electron chi connectivity index (χ1n) is 9.11. The number of aromatic nitrogens is 4. The van der Waals surface area contributed by atoms with Gasteiger partial charge in [0.2, 0.25) is 11.7 Å². The lowest BCUT2D eigenvalue weighted by atomic mass is 10.1. The van der Waals surface area contributed by atoms with Gasteiger partial charge in [0.05, 0.1) is 11.0 Å². The van der Waals surface area contributed by atoms with Crippen LogP contribution in [0.4, 0.5) is 0 Å². The zero-order chi connectivity index (χ0) is 20.5. The Morgan fingerprint density at radius 3 is 2.66 bits per heavy atom. The lowest BCUT2D eigenvalue weighted by Crippen LogP contribution is -2.26. The minimum Gasteiger partial charge on any atom is -0.341 e. The summed E-state index contributed by atoms with van der Waals surface area (Å²) < 4.78 is 6.90. The second kappa shape index (κ2) is 7.31. The summed E-state index contributed by atoms with van der Waals surface area (Å²) in [6.07, 6.45) is 0. The third-order valence-corrected chi connectivity index (χ3v) is 4.69. The first-order chi connectivity index (χ1) is 13.9. The summed E-state index contributed by atoms with van der Waals surface area (Å²) in [5.74, 6) is 0.467. The molecule has 0 unspecified atom stereocenters. The van der Waals surface area contributed by atoms with Crippen LogP contribution in [-0.2, 0) is 7.05 Å². The van der Waals surface area contributed by atoms with Gasteiger partial charge in [-0.25, -0.2) is 4.98 Å². The number of carbonyl (C=O) groups excluding carboxylic acids is 1. The van der Waals surface area contributed by atoms with Gasteiger partial charge < -0.3 is 14.4 Å². The lowest BCUT2D eigenvalue weighted by molar-refractivity contribution is 0.0932. The van der Waals surface area contributed by atoms with Gasteiger partial charge in [0.15, 0.2) is 0 Å². The number of rotatable bonds is 4. The number of fused-ring (bicyclic) bond motifs is 1. The Morgan fingerprint density at radius 2 is 1.90 bits per heavy atom. The Morgan fingerprint density at radius 1 is 1.14 bits per heavy atom. The Kier molecular flexibility index (Phi) is 4.67. The van der Waals surface area contributed by atoms with Crippen LogP contribution in [0.1, 0.15) is 34.9 Å². The summed E-state index contributed by atoms with van der Waals surface area (Å²) in [5, 5.41) is 6.87. The van der Waals surface area contributed by atoms with E-state index in [9.17, 15) is 9.59 Å². The number of aryl methyl sites for hydroxylation is 2. The fourth-order valence-electron chi connectivity index (χ4n) is 3.08. The second-order valence-electron chi connectivity index (χ2n) is 6.78. The molecular formula is C21H19N5O3. The van der Waals surface area contributed by atoms with E-state index in [0.717, 1.165) is 5.52 Å². The predicted octanol–water partition coefficient (Wildman–Crippen LogP) is 2.78. The molecule has 0 fully saturated rings. The molecule has 2 aromatic heterocycles. The van der Waals surface area contributed by atoms with E-state index in [1.54, 1.807) is 61.9 Å². The summed E-state index contributed by atoms with van der Waals surface area (Å²) in [4.78, 5) is 33.1. The van der Waals surface area contributed by atoms with Crippen LogP contribution in [0.3, 0.4) is 0 Å². The number of carbonyl (C=O) groups is 1.